The van der Waals surface area contributed by atoms with Gasteiger partial charge in [0.1, 0.15) is 0 Å². The maximum absolute atomic E-state index is 5.94. The van der Waals surface area contributed by atoms with Crippen molar-refractivity contribution in [1.82, 2.24) is 4.98 Å². The molecule has 3 rings (SSSR count). The number of aryl methyl sites for hydroxylation is 1. The summed E-state index contributed by atoms with van der Waals surface area (Å²) < 4.78 is 0. The van der Waals surface area contributed by atoms with E-state index >= 15 is 0 Å². The van der Waals surface area contributed by atoms with Crippen LogP contribution in [0.5, 0.6) is 0 Å². The number of benzene rings is 1. The topological polar surface area (TPSA) is 38.9 Å². The van der Waals surface area contributed by atoms with Crippen LogP contribution >= 0.6 is 11.3 Å². The molecule has 2 aromatic heterocycles. The molecule has 1 aromatic carbocycles. The summed E-state index contributed by atoms with van der Waals surface area (Å²) in [4.78, 5) is 5.74. The van der Waals surface area contributed by atoms with Gasteiger partial charge >= 0.3 is 0 Å². The Morgan fingerprint density at radius 3 is 2.83 bits per heavy atom. The van der Waals surface area contributed by atoms with Crippen LogP contribution < -0.4 is 5.73 Å². The lowest BCUT2D eigenvalue weighted by atomic mass is 10.0. The number of rotatable bonds is 2. The van der Waals surface area contributed by atoms with Gasteiger partial charge in [-0.25, -0.2) is 0 Å². The minimum absolute atomic E-state index is 0.878. The van der Waals surface area contributed by atoms with Crippen molar-refractivity contribution in [3.63, 3.8) is 0 Å². The molecule has 0 aliphatic heterocycles. The molecule has 0 saturated heterocycles. The Hall–Kier alpha value is -1.87. The van der Waals surface area contributed by atoms with Gasteiger partial charge in [0.15, 0.2) is 0 Å². The average molecular weight is 254 g/mol. The van der Waals surface area contributed by atoms with E-state index in [2.05, 4.69) is 36.2 Å². The smallest absolute Gasteiger partial charge is 0.0865 e. The van der Waals surface area contributed by atoms with Crippen molar-refractivity contribution in [1.29, 1.82) is 0 Å². The molecule has 0 spiro atoms. The number of para-hydroxylation sites is 1. The van der Waals surface area contributed by atoms with Crippen LogP contribution in [0.25, 0.3) is 22.0 Å². The second kappa shape index (κ2) is 4.42. The maximum atomic E-state index is 5.94. The SMILES string of the molecule is CCc1sc(N)cc1-c1ccnc2ccccc12. The highest BCUT2D eigenvalue weighted by Crippen LogP contribution is 2.36. The van der Waals surface area contributed by atoms with Crippen molar-refractivity contribution in [2.24, 2.45) is 0 Å². The summed E-state index contributed by atoms with van der Waals surface area (Å²) in [6.07, 6.45) is 2.87. The lowest BCUT2D eigenvalue weighted by Gasteiger charge is -2.06. The monoisotopic (exact) mass is 254 g/mol. The molecule has 0 aliphatic rings. The summed E-state index contributed by atoms with van der Waals surface area (Å²) in [5, 5.41) is 2.07. The fourth-order valence-corrected chi connectivity index (χ4v) is 3.16. The third kappa shape index (κ3) is 1.77. The number of hydrogen-bond donors (Lipinski definition) is 1. The Morgan fingerprint density at radius 2 is 2.00 bits per heavy atom. The molecule has 0 atom stereocenters. The zero-order valence-electron chi connectivity index (χ0n) is 10.2. The van der Waals surface area contributed by atoms with Gasteiger partial charge in [0.05, 0.1) is 10.5 Å². The van der Waals surface area contributed by atoms with E-state index in [-0.39, 0.29) is 0 Å². The first-order valence-corrected chi connectivity index (χ1v) is 6.83. The van der Waals surface area contributed by atoms with Crippen LogP contribution in [0.4, 0.5) is 5.00 Å². The van der Waals surface area contributed by atoms with Gasteiger partial charge in [0.2, 0.25) is 0 Å². The first-order chi connectivity index (χ1) is 8.79. The first-order valence-electron chi connectivity index (χ1n) is 6.02. The van der Waals surface area contributed by atoms with E-state index in [1.807, 2.05) is 18.3 Å². The number of nitrogen functional groups attached to an aromatic ring is 1. The average Bonchev–Trinajstić information content (AvgIpc) is 2.79. The number of aromatic nitrogens is 1. The summed E-state index contributed by atoms with van der Waals surface area (Å²) in [5.74, 6) is 0. The number of nitrogens with zero attached hydrogens (tertiary/aromatic N) is 1. The van der Waals surface area contributed by atoms with Crippen LogP contribution in [0, 0.1) is 0 Å². The molecule has 0 fully saturated rings. The highest BCUT2D eigenvalue weighted by atomic mass is 32.1. The Labute approximate surface area is 110 Å². The quantitative estimate of drug-likeness (QED) is 0.747. The largest absolute Gasteiger partial charge is 0.391 e. The number of nitrogens with two attached hydrogens (primary N) is 1. The number of thiophene rings is 1. The highest BCUT2D eigenvalue weighted by molar-refractivity contribution is 7.16. The van der Waals surface area contributed by atoms with Crippen LogP contribution in [-0.2, 0) is 6.42 Å². The molecule has 2 heterocycles. The molecule has 0 radical (unpaired) electrons. The summed E-state index contributed by atoms with van der Waals surface area (Å²) in [5.41, 5.74) is 9.44. The maximum Gasteiger partial charge on any atom is 0.0865 e. The number of fused-ring (bicyclic) bond motifs is 1. The van der Waals surface area contributed by atoms with E-state index in [1.54, 1.807) is 11.3 Å². The Balaban J connectivity index is 2.31. The van der Waals surface area contributed by atoms with Gasteiger partial charge in [-0.05, 0) is 35.7 Å². The van der Waals surface area contributed by atoms with E-state index in [0.29, 0.717) is 0 Å². The number of anilines is 1. The minimum atomic E-state index is 0.878. The molecule has 2 nitrogen and oxygen atoms in total. The zero-order valence-corrected chi connectivity index (χ0v) is 11.0. The third-order valence-corrected chi connectivity index (χ3v) is 4.20. The Bertz CT molecular complexity index is 695. The molecular weight excluding hydrogens is 240 g/mol. The fourth-order valence-electron chi connectivity index (χ4n) is 2.27. The summed E-state index contributed by atoms with van der Waals surface area (Å²) in [7, 11) is 0. The normalized spacial score (nSPS) is 10.9. The molecule has 18 heavy (non-hydrogen) atoms. The lowest BCUT2D eigenvalue weighted by Crippen LogP contribution is -1.85. The van der Waals surface area contributed by atoms with Crippen LogP contribution in [0.2, 0.25) is 0 Å². The van der Waals surface area contributed by atoms with Crippen molar-refractivity contribution in [2.45, 2.75) is 13.3 Å². The van der Waals surface area contributed by atoms with Gasteiger partial charge < -0.3 is 5.73 Å². The Kier molecular flexibility index (Phi) is 2.76. The Morgan fingerprint density at radius 1 is 1.17 bits per heavy atom. The van der Waals surface area contributed by atoms with E-state index in [4.69, 9.17) is 5.73 Å². The number of pyridine rings is 1. The second-order valence-electron chi connectivity index (χ2n) is 4.21. The van der Waals surface area contributed by atoms with Gasteiger partial charge in [-0.3, -0.25) is 4.98 Å². The third-order valence-electron chi connectivity index (χ3n) is 3.09. The molecule has 0 bridgehead atoms. The lowest BCUT2D eigenvalue weighted by molar-refractivity contribution is 1.19. The summed E-state index contributed by atoms with van der Waals surface area (Å²) >= 11 is 1.68. The summed E-state index contributed by atoms with van der Waals surface area (Å²) in [6.45, 7) is 2.16. The van der Waals surface area contributed by atoms with Gasteiger partial charge in [-0.1, -0.05) is 25.1 Å². The van der Waals surface area contributed by atoms with Crippen LogP contribution in [0.1, 0.15) is 11.8 Å². The van der Waals surface area contributed by atoms with Crippen molar-refractivity contribution >= 4 is 27.2 Å². The van der Waals surface area contributed by atoms with Gasteiger partial charge in [0.25, 0.3) is 0 Å². The first kappa shape index (κ1) is 11.2. The molecule has 3 aromatic rings. The van der Waals surface area contributed by atoms with Crippen molar-refractivity contribution in [3.8, 4) is 11.1 Å². The molecule has 3 heteroatoms. The van der Waals surface area contributed by atoms with E-state index < -0.39 is 0 Å². The van der Waals surface area contributed by atoms with Gasteiger partial charge in [0, 0.05) is 16.5 Å². The molecule has 90 valence electrons. The van der Waals surface area contributed by atoms with Crippen LogP contribution in [0.3, 0.4) is 0 Å². The predicted molar refractivity (Wildman–Crippen MR) is 78.8 cm³/mol. The van der Waals surface area contributed by atoms with E-state index in [1.165, 1.54) is 21.4 Å². The van der Waals surface area contributed by atoms with Crippen molar-refractivity contribution < 1.29 is 0 Å². The molecule has 2 N–H and O–H groups in total. The summed E-state index contributed by atoms with van der Waals surface area (Å²) in [6, 6.07) is 12.4. The minimum Gasteiger partial charge on any atom is -0.391 e. The second-order valence-corrected chi connectivity index (χ2v) is 5.38. The number of hydrogen-bond acceptors (Lipinski definition) is 3. The zero-order chi connectivity index (χ0) is 12.5. The van der Waals surface area contributed by atoms with Gasteiger partial charge in [-0.2, -0.15) is 0 Å². The van der Waals surface area contributed by atoms with Crippen LogP contribution in [0.15, 0.2) is 42.6 Å². The highest BCUT2D eigenvalue weighted by Gasteiger charge is 2.11. The van der Waals surface area contributed by atoms with E-state index in [0.717, 1.165) is 16.9 Å². The molecule has 0 unspecified atom stereocenters. The molecule has 0 amide bonds. The van der Waals surface area contributed by atoms with E-state index in [9.17, 15) is 0 Å². The predicted octanol–water partition coefficient (Wildman–Crippen LogP) is 4.11. The van der Waals surface area contributed by atoms with Crippen molar-refractivity contribution in [3.05, 3.63) is 47.5 Å². The molecule has 0 aliphatic carbocycles. The van der Waals surface area contributed by atoms with Gasteiger partial charge in [-0.15, -0.1) is 11.3 Å². The molecule has 0 saturated carbocycles. The van der Waals surface area contributed by atoms with Crippen molar-refractivity contribution in [2.75, 3.05) is 5.73 Å². The fraction of sp³-hybridized carbons (Fsp3) is 0.133. The standard InChI is InChI=1S/C15H14N2S/c1-2-14-12(9-15(16)18-14)10-7-8-17-13-6-4-3-5-11(10)13/h3-9H,2,16H2,1H3. The van der Waals surface area contributed by atoms with Crippen LogP contribution in [-0.4, -0.2) is 4.98 Å². The molecular formula is C15H14N2S.